The van der Waals surface area contributed by atoms with Crippen molar-refractivity contribution in [2.45, 2.75) is 6.36 Å². The number of piperazine rings is 1. The molecule has 110 valence electrons. The minimum Gasteiger partial charge on any atom is -0.406 e. The third kappa shape index (κ3) is 3.63. The van der Waals surface area contributed by atoms with Gasteiger partial charge in [0.1, 0.15) is 5.75 Å². The Hall–Kier alpha value is -1.76. The molecule has 0 saturated carbocycles. The molecule has 0 spiro atoms. The van der Waals surface area contributed by atoms with Crippen LogP contribution in [0.2, 0.25) is 0 Å². The van der Waals surface area contributed by atoms with Crippen molar-refractivity contribution in [3.63, 3.8) is 0 Å². The molecule has 0 aromatic heterocycles. The van der Waals surface area contributed by atoms with Crippen molar-refractivity contribution in [1.29, 1.82) is 0 Å². The third-order valence-electron chi connectivity index (χ3n) is 3.21. The molecule has 4 nitrogen and oxygen atoms in total. The van der Waals surface area contributed by atoms with E-state index in [1.54, 1.807) is 0 Å². The van der Waals surface area contributed by atoms with Crippen LogP contribution in [0.3, 0.4) is 0 Å². The van der Waals surface area contributed by atoms with Gasteiger partial charge in [-0.25, -0.2) is 0 Å². The molecule has 1 heterocycles. The molecule has 0 radical (unpaired) electrons. The van der Waals surface area contributed by atoms with E-state index in [9.17, 15) is 18.0 Å². The molecule has 1 fully saturated rings. The molecule has 1 aromatic rings. The number of carbonyl (C=O) groups excluding carboxylic acids is 1. The van der Waals surface area contributed by atoms with Crippen molar-refractivity contribution in [2.24, 2.45) is 0 Å². The van der Waals surface area contributed by atoms with Crippen molar-refractivity contribution in [3.05, 3.63) is 23.8 Å². The lowest BCUT2D eigenvalue weighted by Gasteiger charge is -2.34. The largest absolute Gasteiger partial charge is 0.573 e. The number of likely N-dealkylation sites (N-methyl/N-ethyl adjacent to an activating group) is 1. The highest BCUT2D eigenvalue weighted by Crippen LogP contribution is 2.29. The predicted molar refractivity (Wildman–Crippen MR) is 68.2 cm³/mol. The Bertz CT molecular complexity index is 483. The van der Waals surface area contributed by atoms with E-state index in [1.807, 2.05) is 11.9 Å². The number of carbonyl (C=O) groups is 1. The first-order valence-corrected chi connectivity index (χ1v) is 6.17. The van der Waals surface area contributed by atoms with Crippen LogP contribution in [0.25, 0.3) is 0 Å². The van der Waals surface area contributed by atoms with Crippen LogP contribution in [-0.2, 0) is 0 Å². The lowest BCUT2D eigenvalue weighted by atomic mass is 10.1. The van der Waals surface area contributed by atoms with Gasteiger partial charge in [0.05, 0.1) is 5.69 Å². The smallest absolute Gasteiger partial charge is 0.406 e. The summed E-state index contributed by atoms with van der Waals surface area (Å²) in [7, 11) is 1.97. The van der Waals surface area contributed by atoms with Crippen LogP contribution in [0, 0.1) is 0 Å². The van der Waals surface area contributed by atoms with E-state index in [-0.39, 0.29) is 5.75 Å². The Kier molecular flexibility index (Phi) is 4.17. The number of alkyl halides is 3. The lowest BCUT2D eigenvalue weighted by molar-refractivity contribution is -0.274. The highest BCUT2D eigenvalue weighted by Gasteiger charge is 2.31. The normalized spacial score (nSPS) is 17.1. The van der Waals surface area contributed by atoms with Gasteiger partial charge in [-0.2, -0.15) is 0 Å². The molecule has 1 aliphatic heterocycles. The summed E-state index contributed by atoms with van der Waals surface area (Å²) in [6.07, 6.45) is -4.09. The van der Waals surface area contributed by atoms with Gasteiger partial charge in [-0.05, 0) is 19.2 Å². The summed E-state index contributed by atoms with van der Waals surface area (Å²) in [6.45, 7) is 2.91. The number of hydrogen-bond acceptors (Lipinski definition) is 4. The van der Waals surface area contributed by atoms with Crippen LogP contribution in [0.4, 0.5) is 18.9 Å². The Morgan fingerprint density at radius 3 is 2.40 bits per heavy atom. The quantitative estimate of drug-likeness (QED) is 0.798. The fourth-order valence-corrected chi connectivity index (χ4v) is 2.14. The second-order valence-electron chi connectivity index (χ2n) is 4.68. The van der Waals surface area contributed by atoms with Crippen LogP contribution in [-0.4, -0.2) is 50.8 Å². The third-order valence-corrected chi connectivity index (χ3v) is 3.21. The highest BCUT2D eigenvalue weighted by molar-refractivity contribution is 5.85. The van der Waals surface area contributed by atoms with Crippen molar-refractivity contribution in [2.75, 3.05) is 38.1 Å². The average molecular weight is 288 g/mol. The van der Waals surface area contributed by atoms with Crippen molar-refractivity contribution in [3.8, 4) is 5.75 Å². The van der Waals surface area contributed by atoms with Gasteiger partial charge in [-0.1, -0.05) is 0 Å². The molecule has 1 aliphatic rings. The lowest BCUT2D eigenvalue weighted by Crippen LogP contribution is -2.44. The van der Waals surface area contributed by atoms with Gasteiger partial charge >= 0.3 is 6.36 Å². The zero-order valence-electron chi connectivity index (χ0n) is 11.0. The standard InChI is InChI=1S/C13H15F3N2O2/c1-17-4-6-18(7-5-17)12-8-11(20-13(14,15)16)3-2-10(12)9-19/h2-3,8-9H,4-7H2,1H3. The van der Waals surface area contributed by atoms with Gasteiger partial charge in [-0.3, -0.25) is 4.79 Å². The van der Waals surface area contributed by atoms with Crippen molar-refractivity contribution < 1.29 is 22.7 Å². The summed E-state index contributed by atoms with van der Waals surface area (Å²) in [5.74, 6) is -0.308. The number of nitrogens with zero attached hydrogens (tertiary/aromatic N) is 2. The Balaban J connectivity index is 2.25. The highest BCUT2D eigenvalue weighted by atomic mass is 19.4. The van der Waals surface area contributed by atoms with Gasteiger partial charge in [0.2, 0.25) is 0 Å². The van der Waals surface area contributed by atoms with Crippen LogP contribution in [0.1, 0.15) is 10.4 Å². The number of aldehydes is 1. The Morgan fingerprint density at radius 2 is 1.85 bits per heavy atom. The first kappa shape index (κ1) is 14.6. The summed E-state index contributed by atoms with van der Waals surface area (Å²) in [5, 5.41) is 0. The molecule has 0 amide bonds. The van der Waals surface area contributed by atoms with E-state index in [0.717, 1.165) is 19.2 Å². The Labute approximate surface area is 114 Å². The number of hydrogen-bond donors (Lipinski definition) is 0. The van der Waals surface area contributed by atoms with Crippen LogP contribution < -0.4 is 9.64 Å². The molecule has 7 heteroatoms. The minimum absolute atomic E-state index is 0.308. The summed E-state index contributed by atoms with van der Waals surface area (Å²) >= 11 is 0. The number of halogens is 3. The molecule has 20 heavy (non-hydrogen) atoms. The molecular formula is C13H15F3N2O2. The monoisotopic (exact) mass is 288 g/mol. The van der Waals surface area contributed by atoms with Gasteiger partial charge in [0.25, 0.3) is 0 Å². The van der Waals surface area contributed by atoms with Crippen LogP contribution >= 0.6 is 0 Å². The molecule has 0 N–H and O–H groups in total. The summed E-state index contributed by atoms with van der Waals surface area (Å²) < 4.78 is 40.6. The molecule has 0 atom stereocenters. The van der Waals surface area contributed by atoms with Gasteiger partial charge in [-0.15, -0.1) is 13.2 Å². The topological polar surface area (TPSA) is 32.8 Å². The molecule has 0 unspecified atom stereocenters. The number of anilines is 1. The van der Waals surface area contributed by atoms with E-state index in [4.69, 9.17) is 0 Å². The van der Waals surface area contributed by atoms with Gasteiger partial charge in [0, 0.05) is 37.8 Å². The van der Waals surface area contributed by atoms with Crippen molar-refractivity contribution in [1.82, 2.24) is 4.90 Å². The number of benzene rings is 1. The first-order valence-electron chi connectivity index (χ1n) is 6.17. The molecule has 1 aromatic carbocycles. The van der Waals surface area contributed by atoms with Crippen LogP contribution in [0.5, 0.6) is 5.75 Å². The second-order valence-corrected chi connectivity index (χ2v) is 4.68. The van der Waals surface area contributed by atoms with Gasteiger partial charge in [0.15, 0.2) is 6.29 Å². The summed E-state index contributed by atoms with van der Waals surface area (Å²) in [4.78, 5) is 15.0. The fraction of sp³-hybridized carbons (Fsp3) is 0.462. The van der Waals surface area contributed by atoms with Gasteiger partial charge < -0.3 is 14.5 Å². The minimum atomic E-state index is -4.73. The maximum atomic E-state index is 12.2. The molecule has 0 aliphatic carbocycles. The van der Waals surface area contributed by atoms with Crippen molar-refractivity contribution >= 4 is 12.0 Å². The van der Waals surface area contributed by atoms with E-state index in [2.05, 4.69) is 9.64 Å². The second kappa shape index (κ2) is 5.70. The first-order chi connectivity index (χ1) is 9.39. The number of ether oxygens (including phenoxy) is 1. The fourth-order valence-electron chi connectivity index (χ4n) is 2.14. The maximum Gasteiger partial charge on any atom is 0.573 e. The molecule has 2 rings (SSSR count). The Morgan fingerprint density at radius 1 is 1.20 bits per heavy atom. The van der Waals surface area contributed by atoms with E-state index in [1.165, 1.54) is 12.1 Å². The maximum absolute atomic E-state index is 12.2. The van der Waals surface area contributed by atoms with E-state index < -0.39 is 6.36 Å². The SMILES string of the molecule is CN1CCN(c2cc(OC(F)(F)F)ccc2C=O)CC1. The average Bonchev–Trinajstić information content (AvgIpc) is 2.38. The molecule has 1 saturated heterocycles. The summed E-state index contributed by atoms with van der Waals surface area (Å²) in [5.41, 5.74) is 0.846. The zero-order valence-corrected chi connectivity index (χ0v) is 11.0. The summed E-state index contributed by atoms with van der Waals surface area (Å²) in [6, 6.07) is 3.76. The number of rotatable bonds is 3. The predicted octanol–water partition coefficient (Wildman–Crippen LogP) is 2.15. The van der Waals surface area contributed by atoms with E-state index >= 15 is 0 Å². The molecular weight excluding hydrogens is 273 g/mol. The molecule has 0 bridgehead atoms. The zero-order chi connectivity index (χ0) is 14.8. The van der Waals surface area contributed by atoms with Crippen LogP contribution in [0.15, 0.2) is 18.2 Å². The van der Waals surface area contributed by atoms with E-state index in [0.29, 0.717) is 30.6 Å².